The summed E-state index contributed by atoms with van der Waals surface area (Å²) in [6.45, 7) is 4.97. The van der Waals surface area contributed by atoms with Crippen LogP contribution in [-0.2, 0) is 38.6 Å². The van der Waals surface area contributed by atoms with Gasteiger partial charge >= 0.3 is 12.1 Å². The molecule has 0 saturated carbocycles. The van der Waals surface area contributed by atoms with Crippen molar-refractivity contribution in [2.24, 2.45) is 0 Å². The number of rotatable bonds is 11. The van der Waals surface area contributed by atoms with Crippen molar-refractivity contribution in [2.75, 3.05) is 18.1 Å². The number of ether oxygens (including phenoxy) is 3. The van der Waals surface area contributed by atoms with Crippen LogP contribution in [0.2, 0.25) is 0 Å². The van der Waals surface area contributed by atoms with Crippen LogP contribution in [0.1, 0.15) is 49.6 Å². The fourth-order valence-corrected chi connectivity index (χ4v) is 7.24. The van der Waals surface area contributed by atoms with E-state index < -0.39 is 69.1 Å². The lowest BCUT2D eigenvalue weighted by atomic mass is 9.99. The number of esters is 1. The van der Waals surface area contributed by atoms with E-state index in [1.54, 1.807) is 26.2 Å². The SMILES string of the molecule is COC1=CS[C@H]2[C@H](NC(=O)C(NC(=O)OC(C)(C)C)c3cccc(NS(C)(=O)=O)c3)C(=O)N2[C@H]1C(=O)OC(c1ccccc1)c1ccccc1. The second-order valence-electron chi connectivity index (χ2n) is 12.6. The molecule has 3 amide bonds. The summed E-state index contributed by atoms with van der Waals surface area (Å²) < 4.78 is 43.0. The Morgan fingerprint density at radius 1 is 0.900 bits per heavy atom. The van der Waals surface area contributed by atoms with Gasteiger partial charge in [0.15, 0.2) is 12.1 Å². The minimum absolute atomic E-state index is 0.158. The number of sulfonamides is 1. The summed E-state index contributed by atoms with van der Waals surface area (Å²) >= 11 is 1.18. The molecule has 4 atom stereocenters. The molecule has 1 unspecified atom stereocenters. The Labute approximate surface area is 294 Å². The molecular formula is C35H38N4O9S2. The molecule has 0 aliphatic carbocycles. The Bertz CT molecular complexity index is 1840. The molecule has 0 bridgehead atoms. The van der Waals surface area contributed by atoms with Gasteiger partial charge in [-0.3, -0.25) is 14.3 Å². The molecule has 1 saturated heterocycles. The molecule has 2 aliphatic rings. The van der Waals surface area contributed by atoms with Crippen LogP contribution < -0.4 is 15.4 Å². The highest BCUT2D eigenvalue weighted by atomic mass is 32.2. The number of hydrogen-bond donors (Lipinski definition) is 3. The molecule has 0 spiro atoms. The van der Waals surface area contributed by atoms with Gasteiger partial charge in [0.1, 0.15) is 28.8 Å². The second kappa shape index (κ2) is 14.8. The third-order valence-corrected chi connectivity index (χ3v) is 9.35. The number of alkyl carbamates (subject to hydrolysis) is 1. The van der Waals surface area contributed by atoms with Gasteiger partial charge in [0.2, 0.25) is 21.8 Å². The zero-order valence-corrected chi connectivity index (χ0v) is 29.6. The first-order valence-electron chi connectivity index (χ1n) is 15.5. The maximum absolute atomic E-state index is 13.9. The summed E-state index contributed by atoms with van der Waals surface area (Å²) in [4.78, 5) is 55.6. The molecule has 0 aromatic heterocycles. The first kappa shape index (κ1) is 36.3. The van der Waals surface area contributed by atoms with Crippen LogP contribution in [0.5, 0.6) is 0 Å². The largest absolute Gasteiger partial charge is 0.498 e. The number of benzene rings is 3. The van der Waals surface area contributed by atoms with Gasteiger partial charge in [-0.05, 0) is 49.6 Å². The predicted octanol–water partition coefficient (Wildman–Crippen LogP) is 4.21. The van der Waals surface area contributed by atoms with Gasteiger partial charge in [-0.2, -0.15) is 0 Å². The number of carbonyl (C=O) groups excluding carboxylic acids is 4. The van der Waals surface area contributed by atoms with Crippen molar-refractivity contribution in [1.82, 2.24) is 15.5 Å². The molecule has 264 valence electrons. The molecule has 3 aromatic carbocycles. The van der Waals surface area contributed by atoms with Crippen molar-refractivity contribution >= 4 is 51.3 Å². The van der Waals surface area contributed by atoms with E-state index in [1.807, 2.05) is 60.7 Å². The zero-order chi connectivity index (χ0) is 36.2. The fraction of sp³-hybridized carbons (Fsp3) is 0.314. The summed E-state index contributed by atoms with van der Waals surface area (Å²) in [6, 6.07) is 20.6. The first-order chi connectivity index (χ1) is 23.6. The van der Waals surface area contributed by atoms with Crippen LogP contribution in [0.4, 0.5) is 10.5 Å². The average Bonchev–Trinajstić information content (AvgIpc) is 3.06. The van der Waals surface area contributed by atoms with Gasteiger partial charge in [0.05, 0.1) is 13.4 Å². The van der Waals surface area contributed by atoms with Crippen molar-refractivity contribution in [1.29, 1.82) is 0 Å². The molecule has 3 N–H and O–H groups in total. The van der Waals surface area contributed by atoms with Gasteiger partial charge in [-0.25, -0.2) is 18.0 Å². The number of fused-ring (bicyclic) bond motifs is 1. The highest BCUT2D eigenvalue weighted by molar-refractivity contribution is 8.02. The number of amides is 3. The van der Waals surface area contributed by atoms with Gasteiger partial charge in [-0.1, -0.05) is 72.8 Å². The predicted molar refractivity (Wildman–Crippen MR) is 187 cm³/mol. The third-order valence-electron chi connectivity index (χ3n) is 7.59. The first-order valence-corrected chi connectivity index (χ1v) is 18.4. The Kier molecular flexibility index (Phi) is 10.8. The molecule has 50 heavy (non-hydrogen) atoms. The van der Waals surface area contributed by atoms with Crippen molar-refractivity contribution in [3.63, 3.8) is 0 Å². The summed E-state index contributed by atoms with van der Waals surface area (Å²) in [6.07, 6.45) is -0.695. The lowest BCUT2D eigenvalue weighted by Crippen LogP contribution is -2.74. The monoisotopic (exact) mass is 722 g/mol. The van der Waals surface area contributed by atoms with Crippen LogP contribution in [-0.4, -0.2) is 73.6 Å². The molecule has 0 radical (unpaired) electrons. The van der Waals surface area contributed by atoms with Crippen LogP contribution >= 0.6 is 11.8 Å². The van der Waals surface area contributed by atoms with Gasteiger partial charge in [0, 0.05) is 11.1 Å². The lowest BCUT2D eigenvalue weighted by molar-refractivity contribution is -0.167. The van der Waals surface area contributed by atoms with E-state index in [-0.39, 0.29) is 17.0 Å². The van der Waals surface area contributed by atoms with E-state index in [4.69, 9.17) is 14.2 Å². The second-order valence-corrected chi connectivity index (χ2v) is 15.3. The van der Waals surface area contributed by atoms with Gasteiger partial charge in [-0.15, -0.1) is 11.8 Å². The maximum Gasteiger partial charge on any atom is 0.408 e. The summed E-state index contributed by atoms with van der Waals surface area (Å²) in [5, 5.41) is 6.12. The number of hydrogen-bond acceptors (Lipinski definition) is 10. The van der Waals surface area contributed by atoms with Crippen LogP contribution in [0, 0.1) is 0 Å². The number of thioether (sulfide) groups is 1. The van der Waals surface area contributed by atoms with Crippen molar-refractivity contribution < 1.29 is 41.8 Å². The average molecular weight is 723 g/mol. The Balaban J connectivity index is 1.38. The molecule has 15 heteroatoms. The maximum atomic E-state index is 13.9. The highest BCUT2D eigenvalue weighted by Gasteiger charge is 2.57. The number of nitrogens with zero attached hydrogens (tertiary/aromatic N) is 1. The Morgan fingerprint density at radius 2 is 1.50 bits per heavy atom. The van der Waals surface area contributed by atoms with E-state index in [0.717, 1.165) is 17.4 Å². The summed E-state index contributed by atoms with van der Waals surface area (Å²) in [7, 11) is -2.26. The van der Waals surface area contributed by atoms with E-state index in [0.29, 0.717) is 0 Å². The molecular weight excluding hydrogens is 685 g/mol. The highest BCUT2D eigenvalue weighted by Crippen LogP contribution is 2.41. The number of β-lactam (4-membered cyclic amide) rings is 1. The minimum atomic E-state index is -3.65. The van der Waals surface area contributed by atoms with Gasteiger partial charge in [0.25, 0.3) is 0 Å². The quantitative estimate of drug-likeness (QED) is 0.193. The van der Waals surface area contributed by atoms with Crippen LogP contribution in [0.25, 0.3) is 0 Å². The third kappa shape index (κ3) is 8.58. The van der Waals surface area contributed by atoms with Crippen LogP contribution in [0.15, 0.2) is 96.1 Å². The molecule has 2 heterocycles. The fourth-order valence-electron chi connectivity index (χ4n) is 5.49. The zero-order valence-electron chi connectivity index (χ0n) is 28.0. The number of methoxy groups -OCH3 is 1. The van der Waals surface area contributed by atoms with Crippen molar-refractivity contribution in [3.05, 3.63) is 113 Å². The lowest BCUT2D eigenvalue weighted by Gasteiger charge is -2.51. The van der Waals surface area contributed by atoms with E-state index in [9.17, 15) is 27.6 Å². The normalized spacial score (nSPS) is 19.2. The van der Waals surface area contributed by atoms with E-state index in [1.165, 1.54) is 48.0 Å². The standard InChI is InChI=1S/C35H38N4O9S2/c1-35(2,3)48-34(43)37-26(23-17-12-18-24(19-23)38-50(5,44)45)30(40)36-27-31(41)39-28(25(46-4)20-49-32(27)39)33(42)47-29(21-13-8-6-9-14-21)22-15-10-7-11-16-22/h6-20,26-29,32,38H,1-5H3,(H,36,40)(H,37,43)/t26?,27-,28-,32+/m1/s1. The Morgan fingerprint density at radius 3 is 2.06 bits per heavy atom. The Hall–Kier alpha value is -5.02. The number of nitrogens with one attached hydrogen (secondary N) is 3. The van der Waals surface area contributed by atoms with Crippen molar-refractivity contribution in [3.8, 4) is 0 Å². The smallest absolute Gasteiger partial charge is 0.408 e. The molecule has 13 nitrogen and oxygen atoms in total. The van der Waals surface area contributed by atoms with Crippen LogP contribution in [0.3, 0.4) is 0 Å². The number of anilines is 1. The minimum Gasteiger partial charge on any atom is -0.498 e. The van der Waals surface area contributed by atoms with Crippen molar-refractivity contribution in [2.45, 2.75) is 56.0 Å². The topological polar surface area (TPSA) is 169 Å². The van der Waals surface area contributed by atoms with E-state index in [2.05, 4.69) is 15.4 Å². The molecule has 5 rings (SSSR count). The number of carbonyl (C=O) groups is 4. The molecule has 3 aromatic rings. The summed E-state index contributed by atoms with van der Waals surface area (Å²) in [5.41, 5.74) is 0.957. The molecule has 2 aliphatic heterocycles. The van der Waals surface area contributed by atoms with E-state index >= 15 is 0 Å². The molecule has 1 fully saturated rings. The summed E-state index contributed by atoms with van der Waals surface area (Å²) in [5.74, 6) is -1.85. The van der Waals surface area contributed by atoms with Gasteiger partial charge < -0.3 is 29.7 Å².